The monoisotopic (exact) mass is 294 g/mol. The van der Waals surface area contributed by atoms with Crippen LogP contribution in [0.2, 0.25) is 0 Å². The van der Waals surface area contributed by atoms with Crippen molar-refractivity contribution in [3.8, 4) is 5.75 Å². The molecule has 0 spiro atoms. The van der Waals surface area contributed by atoms with Gasteiger partial charge in [0, 0.05) is 25.6 Å². The quantitative estimate of drug-likeness (QED) is 0.722. The first-order valence-electron chi connectivity index (χ1n) is 7.21. The first-order valence-corrected chi connectivity index (χ1v) is 7.21. The van der Waals surface area contributed by atoms with Gasteiger partial charge in [0.1, 0.15) is 5.75 Å². The molecule has 1 rings (SSSR count). The standard InChI is InChI=1S/C16H26N2O3/c1-10(9-19)11(2)17-12(3)14-6-7-16(21-5)15(8-14)18-13(4)20/h6-8,10-12,17,19H,9H2,1-5H3,(H,18,20). The van der Waals surface area contributed by atoms with E-state index in [1.54, 1.807) is 7.11 Å². The highest BCUT2D eigenvalue weighted by Gasteiger charge is 2.16. The minimum Gasteiger partial charge on any atom is -0.495 e. The zero-order chi connectivity index (χ0) is 16.0. The molecule has 0 saturated carbocycles. The Morgan fingerprint density at radius 1 is 1.33 bits per heavy atom. The van der Waals surface area contributed by atoms with Gasteiger partial charge in [0.2, 0.25) is 5.91 Å². The fraction of sp³-hybridized carbons (Fsp3) is 0.562. The summed E-state index contributed by atoms with van der Waals surface area (Å²) in [5.74, 6) is 0.687. The van der Waals surface area contributed by atoms with Crippen LogP contribution < -0.4 is 15.4 Å². The van der Waals surface area contributed by atoms with E-state index in [1.807, 2.05) is 25.1 Å². The van der Waals surface area contributed by atoms with E-state index in [-0.39, 0.29) is 30.5 Å². The summed E-state index contributed by atoms with van der Waals surface area (Å²) in [4.78, 5) is 11.3. The van der Waals surface area contributed by atoms with Gasteiger partial charge in [-0.15, -0.1) is 0 Å². The molecule has 0 radical (unpaired) electrons. The van der Waals surface area contributed by atoms with E-state index in [4.69, 9.17) is 4.74 Å². The average Bonchev–Trinajstić information content (AvgIpc) is 2.45. The van der Waals surface area contributed by atoms with E-state index in [0.717, 1.165) is 5.56 Å². The minimum atomic E-state index is -0.131. The van der Waals surface area contributed by atoms with Crippen LogP contribution in [0.25, 0.3) is 0 Å². The lowest BCUT2D eigenvalue weighted by atomic mass is 10.0. The molecular weight excluding hydrogens is 268 g/mol. The van der Waals surface area contributed by atoms with Crippen molar-refractivity contribution in [2.45, 2.75) is 39.8 Å². The van der Waals surface area contributed by atoms with Crippen LogP contribution >= 0.6 is 0 Å². The van der Waals surface area contributed by atoms with Crippen molar-refractivity contribution in [2.75, 3.05) is 19.0 Å². The predicted octanol–water partition coefficient (Wildman–Crippen LogP) is 2.32. The molecule has 0 aromatic heterocycles. The highest BCUT2D eigenvalue weighted by atomic mass is 16.5. The zero-order valence-electron chi connectivity index (χ0n) is 13.4. The van der Waals surface area contributed by atoms with Gasteiger partial charge in [0.15, 0.2) is 0 Å². The maximum Gasteiger partial charge on any atom is 0.221 e. The Morgan fingerprint density at radius 2 is 2.00 bits per heavy atom. The number of rotatable bonds is 7. The summed E-state index contributed by atoms with van der Waals surface area (Å²) in [6.07, 6.45) is 0. The summed E-state index contributed by atoms with van der Waals surface area (Å²) in [6.45, 7) is 7.73. The Morgan fingerprint density at radius 3 is 2.52 bits per heavy atom. The highest BCUT2D eigenvalue weighted by molar-refractivity contribution is 5.90. The fourth-order valence-electron chi connectivity index (χ4n) is 2.10. The number of anilines is 1. The van der Waals surface area contributed by atoms with Crippen LogP contribution in [0.15, 0.2) is 18.2 Å². The van der Waals surface area contributed by atoms with Gasteiger partial charge in [0.25, 0.3) is 0 Å². The topological polar surface area (TPSA) is 70.6 Å². The molecule has 0 saturated heterocycles. The number of carbonyl (C=O) groups excluding carboxylic acids is 1. The van der Waals surface area contributed by atoms with E-state index in [1.165, 1.54) is 6.92 Å². The van der Waals surface area contributed by atoms with E-state index < -0.39 is 0 Å². The Bertz CT molecular complexity index is 477. The molecule has 0 fully saturated rings. The number of hydrogen-bond acceptors (Lipinski definition) is 4. The number of ether oxygens (including phenoxy) is 1. The fourth-order valence-corrected chi connectivity index (χ4v) is 2.10. The summed E-state index contributed by atoms with van der Waals surface area (Å²) in [6, 6.07) is 6.02. The summed E-state index contributed by atoms with van der Waals surface area (Å²) >= 11 is 0. The van der Waals surface area contributed by atoms with Crippen LogP contribution in [-0.2, 0) is 4.79 Å². The molecule has 0 aliphatic carbocycles. The molecule has 1 aromatic rings. The summed E-state index contributed by atoms with van der Waals surface area (Å²) < 4.78 is 5.25. The SMILES string of the molecule is COc1ccc(C(C)NC(C)C(C)CO)cc1NC(C)=O. The second-order valence-corrected chi connectivity index (χ2v) is 5.48. The molecule has 21 heavy (non-hydrogen) atoms. The summed E-state index contributed by atoms with van der Waals surface area (Å²) in [5.41, 5.74) is 1.72. The van der Waals surface area contributed by atoms with Crippen LogP contribution in [-0.4, -0.2) is 30.8 Å². The van der Waals surface area contributed by atoms with Crippen LogP contribution in [0.3, 0.4) is 0 Å². The van der Waals surface area contributed by atoms with E-state index in [0.29, 0.717) is 11.4 Å². The number of hydrogen-bond donors (Lipinski definition) is 3. The van der Waals surface area contributed by atoms with Gasteiger partial charge in [-0.25, -0.2) is 0 Å². The summed E-state index contributed by atoms with van der Waals surface area (Å²) in [7, 11) is 1.58. The third-order valence-electron chi connectivity index (χ3n) is 3.69. The van der Waals surface area contributed by atoms with E-state index in [9.17, 15) is 9.90 Å². The van der Waals surface area contributed by atoms with Crippen LogP contribution in [0.4, 0.5) is 5.69 Å². The molecule has 0 aliphatic rings. The maximum absolute atomic E-state index is 11.3. The maximum atomic E-state index is 11.3. The van der Waals surface area contributed by atoms with Gasteiger partial charge in [-0.1, -0.05) is 13.0 Å². The van der Waals surface area contributed by atoms with Crippen molar-refractivity contribution in [2.24, 2.45) is 5.92 Å². The van der Waals surface area contributed by atoms with Crippen LogP contribution in [0.1, 0.15) is 39.3 Å². The summed E-state index contributed by atoms with van der Waals surface area (Å²) in [5, 5.41) is 15.4. The Balaban J connectivity index is 2.89. The molecule has 3 unspecified atom stereocenters. The lowest BCUT2D eigenvalue weighted by Crippen LogP contribution is -2.35. The smallest absolute Gasteiger partial charge is 0.221 e. The van der Waals surface area contributed by atoms with Crippen LogP contribution in [0.5, 0.6) is 5.75 Å². The minimum absolute atomic E-state index is 0.104. The number of benzene rings is 1. The van der Waals surface area contributed by atoms with Crippen molar-refractivity contribution in [1.82, 2.24) is 5.32 Å². The second kappa shape index (κ2) is 8.00. The normalized spacial score (nSPS) is 15.1. The van der Waals surface area contributed by atoms with Crippen molar-refractivity contribution < 1.29 is 14.6 Å². The molecule has 0 heterocycles. The molecule has 5 heteroatoms. The van der Waals surface area contributed by atoms with E-state index in [2.05, 4.69) is 24.5 Å². The average molecular weight is 294 g/mol. The first kappa shape index (κ1) is 17.5. The molecular formula is C16H26N2O3. The van der Waals surface area contributed by atoms with Gasteiger partial charge in [-0.05, 0) is 37.5 Å². The Hall–Kier alpha value is -1.59. The Labute approximate surface area is 126 Å². The predicted molar refractivity (Wildman–Crippen MR) is 84.6 cm³/mol. The van der Waals surface area contributed by atoms with E-state index >= 15 is 0 Å². The lowest BCUT2D eigenvalue weighted by molar-refractivity contribution is -0.114. The lowest BCUT2D eigenvalue weighted by Gasteiger charge is -2.25. The number of methoxy groups -OCH3 is 1. The van der Waals surface area contributed by atoms with Crippen LogP contribution in [0, 0.1) is 5.92 Å². The molecule has 5 nitrogen and oxygen atoms in total. The molecule has 0 aliphatic heterocycles. The van der Waals surface area contributed by atoms with Gasteiger partial charge in [-0.3, -0.25) is 4.79 Å². The first-order chi connectivity index (χ1) is 9.88. The zero-order valence-corrected chi connectivity index (χ0v) is 13.4. The molecule has 3 N–H and O–H groups in total. The highest BCUT2D eigenvalue weighted by Crippen LogP contribution is 2.28. The van der Waals surface area contributed by atoms with Gasteiger partial charge in [-0.2, -0.15) is 0 Å². The molecule has 1 aromatic carbocycles. The molecule has 0 bridgehead atoms. The number of aliphatic hydroxyl groups is 1. The third-order valence-corrected chi connectivity index (χ3v) is 3.69. The number of carbonyl (C=O) groups is 1. The molecule has 118 valence electrons. The largest absolute Gasteiger partial charge is 0.495 e. The third kappa shape index (κ3) is 5.02. The van der Waals surface area contributed by atoms with Gasteiger partial charge in [0.05, 0.1) is 12.8 Å². The van der Waals surface area contributed by atoms with Gasteiger partial charge >= 0.3 is 0 Å². The van der Waals surface area contributed by atoms with Crippen molar-refractivity contribution in [3.63, 3.8) is 0 Å². The molecule has 3 atom stereocenters. The second-order valence-electron chi connectivity index (χ2n) is 5.48. The number of amides is 1. The van der Waals surface area contributed by atoms with Crippen molar-refractivity contribution in [1.29, 1.82) is 0 Å². The van der Waals surface area contributed by atoms with Crippen molar-refractivity contribution >= 4 is 11.6 Å². The van der Waals surface area contributed by atoms with Gasteiger partial charge < -0.3 is 20.5 Å². The molecule has 1 amide bonds. The Kier molecular flexibility index (Phi) is 6.65. The number of nitrogens with one attached hydrogen (secondary N) is 2. The number of aliphatic hydroxyl groups excluding tert-OH is 1. The van der Waals surface area contributed by atoms with Crippen molar-refractivity contribution in [3.05, 3.63) is 23.8 Å².